The summed E-state index contributed by atoms with van der Waals surface area (Å²) in [6.07, 6.45) is 1.14. The fourth-order valence-corrected chi connectivity index (χ4v) is 2.54. The summed E-state index contributed by atoms with van der Waals surface area (Å²) in [7, 11) is 1.98. The van der Waals surface area contributed by atoms with E-state index in [9.17, 15) is 0 Å². The van der Waals surface area contributed by atoms with E-state index in [1.54, 1.807) is 11.8 Å². The molecule has 0 radical (unpaired) electrons. The van der Waals surface area contributed by atoms with E-state index in [1.165, 1.54) is 5.03 Å². The second kappa shape index (κ2) is 5.56. The van der Waals surface area contributed by atoms with Gasteiger partial charge in [0.2, 0.25) is 0 Å². The third-order valence-electron chi connectivity index (χ3n) is 2.76. The predicted molar refractivity (Wildman–Crippen MR) is 66.1 cm³/mol. The smallest absolute Gasteiger partial charge is 0.0939 e. The monoisotopic (exact) mass is 227 g/mol. The van der Waals surface area contributed by atoms with Gasteiger partial charge in [0.15, 0.2) is 0 Å². The summed E-state index contributed by atoms with van der Waals surface area (Å²) in [5.41, 5.74) is 7.15. The fourth-order valence-electron chi connectivity index (χ4n) is 1.37. The van der Waals surface area contributed by atoms with Gasteiger partial charge in [-0.1, -0.05) is 20.3 Å². The van der Waals surface area contributed by atoms with Crippen LogP contribution in [0.15, 0.2) is 11.1 Å². The summed E-state index contributed by atoms with van der Waals surface area (Å²) < 4.78 is 1.92. The molecule has 2 N–H and O–H groups in total. The van der Waals surface area contributed by atoms with E-state index in [4.69, 9.17) is 5.73 Å². The number of hydrogen-bond donors (Lipinski definition) is 1. The van der Waals surface area contributed by atoms with Crippen LogP contribution in [0.4, 0.5) is 0 Å². The minimum absolute atomic E-state index is 0.273. The average molecular weight is 227 g/mol. The zero-order valence-electron chi connectivity index (χ0n) is 10.0. The van der Waals surface area contributed by atoms with Crippen molar-refractivity contribution in [3.63, 3.8) is 0 Å². The standard InChI is InChI=1S/C11H21N3S/c1-5-8(2)10(12)7-15-11-6-9(3)13-14(11)4/h6,8,10H,5,7,12H2,1-4H3. The van der Waals surface area contributed by atoms with Crippen molar-refractivity contribution in [2.45, 2.75) is 38.3 Å². The molecule has 0 aliphatic heterocycles. The van der Waals surface area contributed by atoms with Crippen LogP contribution in [0.2, 0.25) is 0 Å². The number of nitrogens with zero attached hydrogens (tertiary/aromatic N) is 2. The van der Waals surface area contributed by atoms with Gasteiger partial charge < -0.3 is 5.73 Å². The highest BCUT2D eigenvalue weighted by Crippen LogP contribution is 2.21. The van der Waals surface area contributed by atoms with Crippen molar-refractivity contribution in [3.8, 4) is 0 Å². The summed E-state index contributed by atoms with van der Waals surface area (Å²) in [5.74, 6) is 1.56. The Bertz CT molecular complexity index is 309. The van der Waals surface area contributed by atoms with Crippen LogP contribution in [0.5, 0.6) is 0 Å². The Morgan fingerprint density at radius 2 is 2.27 bits per heavy atom. The lowest BCUT2D eigenvalue weighted by molar-refractivity contribution is 0.475. The molecule has 1 aromatic rings. The fraction of sp³-hybridized carbons (Fsp3) is 0.727. The van der Waals surface area contributed by atoms with Crippen LogP contribution in [0.25, 0.3) is 0 Å². The first-order valence-electron chi connectivity index (χ1n) is 5.43. The van der Waals surface area contributed by atoms with Crippen molar-refractivity contribution >= 4 is 11.8 Å². The first-order chi connectivity index (χ1) is 7.04. The summed E-state index contributed by atoms with van der Waals surface area (Å²) >= 11 is 1.80. The van der Waals surface area contributed by atoms with Gasteiger partial charge in [-0.2, -0.15) is 5.10 Å². The zero-order chi connectivity index (χ0) is 11.4. The lowest BCUT2D eigenvalue weighted by atomic mass is 10.0. The lowest BCUT2D eigenvalue weighted by Gasteiger charge is -2.17. The molecular weight excluding hydrogens is 206 g/mol. The van der Waals surface area contributed by atoms with Gasteiger partial charge in [0.05, 0.1) is 10.7 Å². The average Bonchev–Trinajstić information content (AvgIpc) is 2.52. The molecule has 1 rings (SSSR count). The molecule has 0 fully saturated rings. The van der Waals surface area contributed by atoms with Crippen LogP contribution in [-0.2, 0) is 7.05 Å². The molecule has 4 heteroatoms. The maximum absolute atomic E-state index is 6.08. The Morgan fingerprint density at radius 3 is 2.73 bits per heavy atom. The van der Waals surface area contributed by atoms with Crippen LogP contribution in [0.1, 0.15) is 26.0 Å². The number of aromatic nitrogens is 2. The van der Waals surface area contributed by atoms with Gasteiger partial charge in [0.1, 0.15) is 0 Å². The van der Waals surface area contributed by atoms with Gasteiger partial charge in [-0.25, -0.2) is 0 Å². The highest BCUT2D eigenvalue weighted by molar-refractivity contribution is 7.99. The lowest BCUT2D eigenvalue weighted by Crippen LogP contribution is -2.30. The third-order valence-corrected chi connectivity index (χ3v) is 3.99. The van der Waals surface area contributed by atoms with Crippen LogP contribution >= 0.6 is 11.8 Å². The number of aryl methyl sites for hydroxylation is 2. The summed E-state index contributed by atoms with van der Waals surface area (Å²) in [6, 6.07) is 2.38. The van der Waals surface area contributed by atoms with Gasteiger partial charge in [-0.05, 0) is 18.9 Å². The molecule has 0 bridgehead atoms. The maximum atomic E-state index is 6.08. The van der Waals surface area contributed by atoms with Crippen molar-refractivity contribution in [1.29, 1.82) is 0 Å². The molecule has 1 heterocycles. The number of thioether (sulfide) groups is 1. The molecule has 0 aliphatic rings. The second-order valence-electron chi connectivity index (χ2n) is 4.11. The molecule has 2 unspecified atom stereocenters. The Hall–Kier alpha value is -0.480. The van der Waals surface area contributed by atoms with Gasteiger partial charge in [0, 0.05) is 18.8 Å². The van der Waals surface area contributed by atoms with E-state index >= 15 is 0 Å². The second-order valence-corrected chi connectivity index (χ2v) is 5.15. The first kappa shape index (κ1) is 12.6. The molecule has 0 aliphatic carbocycles. The Balaban J connectivity index is 2.46. The van der Waals surface area contributed by atoms with Crippen molar-refractivity contribution in [2.75, 3.05) is 5.75 Å². The highest BCUT2D eigenvalue weighted by Gasteiger charge is 2.12. The zero-order valence-corrected chi connectivity index (χ0v) is 10.8. The van der Waals surface area contributed by atoms with Crippen LogP contribution in [-0.4, -0.2) is 21.6 Å². The van der Waals surface area contributed by atoms with E-state index < -0.39 is 0 Å². The van der Waals surface area contributed by atoms with Gasteiger partial charge in [-0.15, -0.1) is 11.8 Å². The Morgan fingerprint density at radius 1 is 1.60 bits per heavy atom. The largest absolute Gasteiger partial charge is 0.327 e. The van der Waals surface area contributed by atoms with Crippen molar-refractivity contribution < 1.29 is 0 Å². The van der Waals surface area contributed by atoms with Crippen LogP contribution in [0, 0.1) is 12.8 Å². The van der Waals surface area contributed by atoms with Crippen LogP contribution < -0.4 is 5.73 Å². The minimum Gasteiger partial charge on any atom is -0.327 e. The predicted octanol–water partition coefficient (Wildman–Crippen LogP) is 2.19. The molecule has 0 amide bonds. The third kappa shape index (κ3) is 3.54. The van der Waals surface area contributed by atoms with E-state index in [2.05, 4.69) is 25.0 Å². The molecule has 0 spiro atoms. The molecule has 1 aromatic heterocycles. The highest BCUT2D eigenvalue weighted by atomic mass is 32.2. The maximum Gasteiger partial charge on any atom is 0.0939 e. The summed E-state index contributed by atoms with van der Waals surface area (Å²) in [6.45, 7) is 6.40. The van der Waals surface area contributed by atoms with Gasteiger partial charge >= 0.3 is 0 Å². The quantitative estimate of drug-likeness (QED) is 0.784. The van der Waals surface area contributed by atoms with Gasteiger partial charge in [-0.3, -0.25) is 4.68 Å². The molecular formula is C11H21N3S. The van der Waals surface area contributed by atoms with Crippen LogP contribution in [0.3, 0.4) is 0 Å². The molecule has 15 heavy (non-hydrogen) atoms. The minimum atomic E-state index is 0.273. The van der Waals surface area contributed by atoms with E-state index in [0.717, 1.165) is 17.9 Å². The Labute approximate surface area is 96.4 Å². The molecule has 0 saturated carbocycles. The summed E-state index contributed by atoms with van der Waals surface area (Å²) in [5, 5.41) is 5.51. The molecule has 2 atom stereocenters. The molecule has 0 aromatic carbocycles. The summed E-state index contributed by atoms with van der Waals surface area (Å²) in [4.78, 5) is 0. The number of rotatable bonds is 5. The van der Waals surface area contributed by atoms with Crippen molar-refractivity contribution in [3.05, 3.63) is 11.8 Å². The normalized spacial score (nSPS) is 15.3. The first-order valence-corrected chi connectivity index (χ1v) is 6.42. The van der Waals surface area contributed by atoms with E-state index in [0.29, 0.717) is 5.92 Å². The van der Waals surface area contributed by atoms with E-state index in [-0.39, 0.29) is 6.04 Å². The molecule has 0 saturated heterocycles. The van der Waals surface area contributed by atoms with E-state index in [1.807, 2.05) is 18.7 Å². The van der Waals surface area contributed by atoms with Gasteiger partial charge in [0.25, 0.3) is 0 Å². The topological polar surface area (TPSA) is 43.8 Å². The number of nitrogens with two attached hydrogens (primary N) is 1. The molecule has 3 nitrogen and oxygen atoms in total. The van der Waals surface area contributed by atoms with Crippen molar-refractivity contribution in [1.82, 2.24) is 9.78 Å². The SMILES string of the molecule is CCC(C)C(N)CSc1cc(C)nn1C. The molecule has 86 valence electrons. The number of hydrogen-bond acceptors (Lipinski definition) is 3. The Kier molecular flexibility index (Phi) is 4.67. The van der Waals surface area contributed by atoms with Crippen molar-refractivity contribution in [2.24, 2.45) is 18.7 Å².